The third-order valence-corrected chi connectivity index (χ3v) is 4.11. The van der Waals surface area contributed by atoms with Gasteiger partial charge in [-0.25, -0.2) is 4.39 Å². The first-order valence-corrected chi connectivity index (χ1v) is 8.56. The molecule has 132 valence electrons. The summed E-state index contributed by atoms with van der Waals surface area (Å²) in [5.74, 6) is -0.454. The summed E-state index contributed by atoms with van der Waals surface area (Å²) in [6, 6.07) is 26.3. The van der Waals surface area contributed by atoms with Gasteiger partial charge in [-0.3, -0.25) is 4.79 Å². The van der Waals surface area contributed by atoms with Crippen LogP contribution in [0.1, 0.15) is 11.1 Å². The molecule has 0 saturated heterocycles. The van der Waals surface area contributed by atoms with Crippen molar-refractivity contribution in [3.8, 4) is 0 Å². The molecule has 4 heteroatoms. The number of nitrogens with zero attached hydrogens (tertiary/aromatic N) is 1. The van der Waals surface area contributed by atoms with Crippen LogP contribution >= 0.6 is 0 Å². The lowest BCUT2D eigenvalue weighted by Crippen LogP contribution is -2.36. The van der Waals surface area contributed by atoms with Gasteiger partial charge in [0, 0.05) is 24.3 Å². The Morgan fingerprint density at radius 3 is 2.15 bits per heavy atom. The van der Waals surface area contributed by atoms with E-state index in [0.717, 1.165) is 11.3 Å². The van der Waals surface area contributed by atoms with Crippen LogP contribution in [0.4, 0.5) is 10.1 Å². The second-order valence-corrected chi connectivity index (χ2v) is 6.05. The fraction of sp³-hybridized carbons (Fsp3) is 0.136. The predicted molar refractivity (Wildman–Crippen MR) is 102 cm³/mol. The van der Waals surface area contributed by atoms with E-state index in [-0.39, 0.29) is 24.8 Å². The smallest absolute Gasteiger partial charge is 0.239 e. The van der Waals surface area contributed by atoms with Gasteiger partial charge in [0.2, 0.25) is 5.91 Å². The van der Waals surface area contributed by atoms with Crippen molar-refractivity contribution in [2.75, 3.05) is 11.4 Å². The molecule has 3 aromatic rings. The van der Waals surface area contributed by atoms with Crippen LogP contribution in [0.2, 0.25) is 0 Å². The Morgan fingerprint density at radius 1 is 0.846 bits per heavy atom. The zero-order chi connectivity index (χ0) is 18.2. The van der Waals surface area contributed by atoms with Crippen molar-refractivity contribution in [3.63, 3.8) is 0 Å². The molecule has 0 heterocycles. The Bertz CT molecular complexity index is 837. The van der Waals surface area contributed by atoms with E-state index < -0.39 is 0 Å². The fourth-order valence-electron chi connectivity index (χ4n) is 2.75. The number of nitrogens with one attached hydrogen (secondary N) is 1. The zero-order valence-corrected chi connectivity index (χ0v) is 14.4. The first-order chi connectivity index (χ1) is 12.7. The molecule has 0 fully saturated rings. The molecule has 1 amide bonds. The van der Waals surface area contributed by atoms with Crippen LogP contribution in [0.5, 0.6) is 0 Å². The van der Waals surface area contributed by atoms with E-state index in [2.05, 4.69) is 5.32 Å². The van der Waals surface area contributed by atoms with Crippen molar-refractivity contribution in [1.29, 1.82) is 0 Å². The van der Waals surface area contributed by atoms with Crippen molar-refractivity contribution >= 4 is 11.6 Å². The number of hydrogen-bond donors (Lipinski definition) is 1. The van der Waals surface area contributed by atoms with Crippen LogP contribution < -0.4 is 10.2 Å². The Balaban J connectivity index is 1.67. The average molecular weight is 348 g/mol. The van der Waals surface area contributed by atoms with Crippen LogP contribution in [0.15, 0.2) is 84.9 Å². The van der Waals surface area contributed by atoms with Crippen molar-refractivity contribution in [2.45, 2.75) is 13.1 Å². The molecule has 0 saturated carbocycles. The third-order valence-electron chi connectivity index (χ3n) is 4.11. The quantitative estimate of drug-likeness (QED) is 0.696. The molecule has 1 N–H and O–H groups in total. The van der Waals surface area contributed by atoms with Gasteiger partial charge in [0.1, 0.15) is 5.82 Å². The van der Waals surface area contributed by atoms with Gasteiger partial charge in [-0.05, 0) is 23.8 Å². The first-order valence-electron chi connectivity index (χ1n) is 8.56. The van der Waals surface area contributed by atoms with Gasteiger partial charge >= 0.3 is 0 Å². The molecule has 0 atom stereocenters. The minimum atomic E-state index is -0.308. The number of carbonyl (C=O) groups is 1. The normalized spacial score (nSPS) is 10.3. The van der Waals surface area contributed by atoms with Crippen molar-refractivity contribution < 1.29 is 9.18 Å². The minimum absolute atomic E-state index is 0.145. The maximum absolute atomic E-state index is 13.7. The highest BCUT2D eigenvalue weighted by atomic mass is 19.1. The molecule has 3 aromatic carbocycles. The highest BCUT2D eigenvalue weighted by molar-refractivity contribution is 5.81. The van der Waals surface area contributed by atoms with Crippen LogP contribution in [-0.4, -0.2) is 12.5 Å². The molecule has 0 aliphatic carbocycles. The molecule has 26 heavy (non-hydrogen) atoms. The Morgan fingerprint density at radius 2 is 1.46 bits per heavy atom. The number of benzene rings is 3. The molecule has 0 bridgehead atoms. The lowest BCUT2D eigenvalue weighted by atomic mass is 10.2. The SMILES string of the molecule is O=C(CN(Cc1ccccc1)c1ccccc1)NCc1ccccc1F. The van der Waals surface area contributed by atoms with E-state index in [9.17, 15) is 9.18 Å². The van der Waals surface area contributed by atoms with Crippen molar-refractivity contribution in [2.24, 2.45) is 0 Å². The predicted octanol–water partition coefficient (Wildman–Crippen LogP) is 4.15. The van der Waals surface area contributed by atoms with E-state index in [4.69, 9.17) is 0 Å². The van der Waals surface area contributed by atoms with Gasteiger partial charge in [-0.1, -0.05) is 66.7 Å². The maximum Gasteiger partial charge on any atom is 0.239 e. The molecule has 0 radical (unpaired) electrons. The monoisotopic (exact) mass is 348 g/mol. The summed E-state index contributed by atoms with van der Waals surface area (Å²) in [5, 5.41) is 2.81. The average Bonchev–Trinajstić information content (AvgIpc) is 2.68. The van der Waals surface area contributed by atoms with E-state index in [0.29, 0.717) is 12.1 Å². The number of carbonyl (C=O) groups excluding carboxylic acids is 1. The lowest BCUT2D eigenvalue weighted by Gasteiger charge is -2.24. The fourth-order valence-corrected chi connectivity index (χ4v) is 2.75. The third kappa shape index (κ3) is 4.93. The molecule has 0 spiro atoms. The Labute approximate surface area is 153 Å². The van der Waals surface area contributed by atoms with E-state index in [1.807, 2.05) is 65.6 Å². The van der Waals surface area contributed by atoms with Crippen LogP contribution in [-0.2, 0) is 17.9 Å². The van der Waals surface area contributed by atoms with Crippen LogP contribution in [0, 0.1) is 5.82 Å². The lowest BCUT2D eigenvalue weighted by molar-refractivity contribution is -0.119. The summed E-state index contributed by atoms with van der Waals surface area (Å²) in [6.07, 6.45) is 0. The number of amides is 1. The van der Waals surface area contributed by atoms with Crippen molar-refractivity contribution in [1.82, 2.24) is 5.32 Å². The number of anilines is 1. The molecule has 3 rings (SSSR count). The standard InChI is InChI=1S/C22H21FN2O/c23-21-14-8-7-11-19(21)15-24-22(26)17-25(20-12-5-2-6-13-20)16-18-9-3-1-4-10-18/h1-14H,15-17H2,(H,24,26). The summed E-state index contributed by atoms with van der Waals surface area (Å²) in [4.78, 5) is 14.4. The summed E-state index contributed by atoms with van der Waals surface area (Å²) in [5.41, 5.74) is 2.57. The van der Waals surface area contributed by atoms with Crippen molar-refractivity contribution in [3.05, 3.63) is 102 Å². The maximum atomic E-state index is 13.7. The minimum Gasteiger partial charge on any atom is -0.358 e. The van der Waals surface area contributed by atoms with Gasteiger partial charge in [0.05, 0.1) is 6.54 Å². The van der Waals surface area contributed by atoms with Gasteiger partial charge < -0.3 is 10.2 Å². The topological polar surface area (TPSA) is 32.3 Å². The largest absolute Gasteiger partial charge is 0.358 e. The molecule has 3 nitrogen and oxygen atoms in total. The molecule has 0 aliphatic rings. The molecule has 0 aliphatic heterocycles. The van der Waals surface area contributed by atoms with Gasteiger partial charge in [-0.2, -0.15) is 0 Å². The number of halogens is 1. The molecule has 0 aromatic heterocycles. The molecule has 0 unspecified atom stereocenters. The highest BCUT2D eigenvalue weighted by Gasteiger charge is 2.12. The van der Waals surface area contributed by atoms with E-state index >= 15 is 0 Å². The Hall–Kier alpha value is -3.14. The second-order valence-electron chi connectivity index (χ2n) is 6.05. The molecular formula is C22H21FN2O. The van der Waals surface area contributed by atoms with E-state index in [1.165, 1.54) is 6.07 Å². The molecular weight excluding hydrogens is 327 g/mol. The van der Waals surface area contributed by atoms with Gasteiger partial charge in [-0.15, -0.1) is 0 Å². The summed E-state index contributed by atoms with van der Waals surface area (Å²) in [6.45, 7) is 1.00. The Kier molecular flexibility index (Phi) is 5.99. The second kappa shape index (κ2) is 8.81. The highest BCUT2D eigenvalue weighted by Crippen LogP contribution is 2.16. The summed E-state index contributed by atoms with van der Waals surface area (Å²) >= 11 is 0. The van der Waals surface area contributed by atoms with Gasteiger partial charge in [0.25, 0.3) is 0 Å². The van der Waals surface area contributed by atoms with E-state index in [1.54, 1.807) is 18.2 Å². The number of rotatable bonds is 7. The number of para-hydroxylation sites is 1. The summed E-state index contributed by atoms with van der Waals surface area (Å²) < 4.78 is 13.7. The zero-order valence-electron chi connectivity index (χ0n) is 14.4. The first kappa shape index (κ1) is 17.7. The van der Waals surface area contributed by atoms with Crippen LogP contribution in [0.25, 0.3) is 0 Å². The van der Waals surface area contributed by atoms with Crippen LogP contribution in [0.3, 0.4) is 0 Å². The number of hydrogen-bond acceptors (Lipinski definition) is 2. The van der Waals surface area contributed by atoms with Gasteiger partial charge in [0.15, 0.2) is 0 Å². The summed E-state index contributed by atoms with van der Waals surface area (Å²) in [7, 11) is 0.